The minimum atomic E-state index is 0.0320. The van der Waals surface area contributed by atoms with Crippen LogP contribution < -0.4 is 5.32 Å². The maximum atomic E-state index is 12.5. The van der Waals surface area contributed by atoms with E-state index in [9.17, 15) is 4.79 Å². The van der Waals surface area contributed by atoms with Crippen LogP contribution in [0.3, 0.4) is 0 Å². The fourth-order valence-corrected chi connectivity index (χ4v) is 4.06. The topological polar surface area (TPSA) is 84.2 Å². The Morgan fingerprint density at radius 3 is 2.92 bits per heavy atom. The molecule has 2 fully saturated rings. The Morgan fingerprint density at radius 1 is 1.31 bits per heavy atom. The average molecular weight is 355 g/mol. The molecule has 0 bridgehead atoms. The van der Waals surface area contributed by atoms with Gasteiger partial charge in [0.05, 0.1) is 6.04 Å². The summed E-state index contributed by atoms with van der Waals surface area (Å²) in [5.74, 6) is 1.55. The van der Waals surface area contributed by atoms with Crippen LogP contribution in [0, 0.1) is 5.92 Å². The molecular weight excluding hydrogens is 330 g/mol. The lowest BCUT2D eigenvalue weighted by molar-refractivity contribution is -0.126. The number of amides is 1. The van der Waals surface area contributed by atoms with Crippen molar-refractivity contribution in [3.05, 3.63) is 30.4 Å². The smallest absolute Gasteiger partial charge is 0.244 e. The minimum absolute atomic E-state index is 0.0320. The summed E-state index contributed by atoms with van der Waals surface area (Å²) in [6, 6.07) is 3.93. The van der Waals surface area contributed by atoms with Gasteiger partial charge in [-0.05, 0) is 38.4 Å². The van der Waals surface area contributed by atoms with E-state index in [1.807, 2.05) is 19.2 Å². The van der Waals surface area contributed by atoms with Crippen molar-refractivity contribution in [1.82, 2.24) is 25.3 Å². The highest BCUT2D eigenvalue weighted by Crippen LogP contribution is 2.31. The molecular formula is C19H25N5O2. The summed E-state index contributed by atoms with van der Waals surface area (Å²) in [6.45, 7) is 0.799. The van der Waals surface area contributed by atoms with Crippen molar-refractivity contribution in [2.24, 2.45) is 5.92 Å². The maximum absolute atomic E-state index is 12.5. The van der Waals surface area contributed by atoms with E-state index in [1.54, 1.807) is 12.4 Å². The third kappa shape index (κ3) is 3.62. The van der Waals surface area contributed by atoms with Gasteiger partial charge in [0.1, 0.15) is 0 Å². The highest BCUT2D eigenvalue weighted by molar-refractivity contribution is 5.79. The summed E-state index contributed by atoms with van der Waals surface area (Å²) >= 11 is 0. The lowest BCUT2D eigenvalue weighted by Gasteiger charge is -2.22. The maximum Gasteiger partial charge on any atom is 0.244 e. The molecule has 7 nitrogen and oxygen atoms in total. The van der Waals surface area contributed by atoms with Crippen molar-refractivity contribution < 1.29 is 9.32 Å². The zero-order valence-corrected chi connectivity index (χ0v) is 15.1. The van der Waals surface area contributed by atoms with Gasteiger partial charge >= 0.3 is 0 Å². The van der Waals surface area contributed by atoms with Crippen molar-refractivity contribution in [2.45, 2.75) is 50.6 Å². The van der Waals surface area contributed by atoms with Gasteiger partial charge < -0.3 is 9.84 Å². The predicted octanol–water partition coefficient (Wildman–Crippen LogP) is 2.57. The molecule has 7 heteroatoms. The average Bonchev–Trinajstić information content (AvgIpc) is 3.30. The molecule has 4 rings (SSSR count). The number of carbonyl (C=O) groups excluding carboxylic acids is 1. The summed E-state index contributed by atoms with van der Waals surface area (Å²) in [5, 5.41) is 7.32. The van der Waals surface area contributed by atoms with Gasteiger partial charge in [-0.25, -0.2) is 0 Å². The third-order valence-electron chi connectivity index (χ3n) is 5.52. The van der Waals surface area contributed by atoms with Crippen molar-refractivity contribution >= 4 is 5.91 Å². The Bertz CT molecular complexity index is 741. The molecule has 1 saturated heterocycles. The van der Waals surface area contributed by atoms with Gasteiger partial charge in [-0.3, -0.25) is 14.7 Å². The lowest BCUT2D eigenvalue weighted by Crippen LogP contribution is -2.40. The van der Waals surface area contributed by atoms with Crippen molar-refractivity contribution in [1.29, 1.82) is 0 Å². The van der Waals surface area contributed by atoms with Crippen LogP contribution >= 0.6 is 0 Å². The number of hydrogen-bond acceptors (Lipinski definition) is 6. The van der Waals surface area contributed by atoms with E-state index in [2.05, 4.69) is 25.3 Å². The number of rotatable bonds is 4. The molecule has 1 saturated carbocycles. The zero-order chi connectivity index (χ0) is 17.9. The first kappa shape index (κ1) is 17.1. The summed E-state index contributed by atoms with van der Waals surface area (Å²) in [7, 11) is 2.03. The first-order chi connectivity index (χ1) is 12.7. The van der Waals surface area contributed by atoms with Gasteiger partial charge in [-0.1, -0.05) is 24.4 Å². The monoisotopic (exact) mass is 355 g/mol. The fourth-order valence-electron chi connectivity index (χ4n) is 4.06. The van der Waals surface area contributed by atoms with Gasteiger partial charge in [0.2, 0.25) is 17.6 Å². The number of hydrogen-bond donors (Lipinski definition) is 1. The Balaban J connectivity index is 1.39. The Kier molecular flexibility index (Phi) is 4.97. The summed E-state index contributed by atoms with van der Waals surface area (Å²) in [6.07, 6.45) is 9.88. The molecule has 2 unspecified atom stereocenters. The third-order valence-corrected chi connectivity index (χ3v) is 5.52. The van der Waals surface area contributed by atoms with E-state index in [4.69, 9.17) is 4.52 Å². The van der Waals surface area contributed by atoms with E-state index >= 15 is 0 Å². The highest BCUT2D eigenvalue weighted by atomic mass is 16.5. The molecule has 0 aromatic carbocycles. The molecule has 1 N–H and O–H groups in total. The molecule has 2 aromatic rings. The molecule has 2 aromatic heterocycles. The number of likely N-dealkylation sites (N-methyl/N-ethyl adjacent to an activating group) is 1. The van der Waals surface area contributed by atoms with Crippen LogP contribution in [0.15, 0.2) is 29.0 Å². The molecule has 138 valence electrons. The molecule has 0 spiro atoms. The summed E-state index contributed by atoms with van der Waals surface area (Å²) < 4.78 is 5.50. The second-order valence-corrected chi connectivity index (χ2v) is 7.43. The molecule has 3 heterocycles. The number of likely N-dealkylation sites (tertiary alicyclic amines) is 1. The van der Waals surface area contributed by atoms with E-state index in [-0.39, 0.29) is 23.9 Å². The molecule has 0 radical (unpaired) electrons. The van der Waals surface area contributed by atoms with Crippen molar-refractivity contribution in [2.75, 3.05) is 13.6 Å². The second kappa shape index (κ2) is 7.53. The quantitative estimate of drug-likeness (QED) is 0.907. The van der Waals surface area contributed by atoms with E-state index in [0.717, 1.165) is 31.4 Å². The molecule has 2 atom stereocenters. The SMILES string of the molecule is CN1CC(NC(=O)C2CCCCC2)CC1c1nc(-c2cccnc2)no1. The minimum Gasteiger partial charge on any atom is -0.352 e. The van der Waals surface area contributed by atoms with E-state index in [1.165, 1.54) is 19.3 Å². The van der Waals surface area contributed by atoms with Crippen LogP contribution in [0.2, 0.25) is 0 Å². The van der Waals surface area contributed by atoms with E-state index < -0.39 is 0 Å². The van der Waals surface area contributed by atoms with Crippen molar-refractivity contribution in [3.63, 3.8) is 0 Å². The summed E-state index contributed by atoms with van der Waals surface area (Å²) in [4.78, 5) is 23.3. The molecule has 2 aliphatic rings. The normalized spacial score (nSPS) is 24.7. The second-order valence-electron chi connectivity index (χ2n) is 7.43. The highest BCUT2D eigenvalue weighted by Gasteiger charge is 2.36. The first-order valence-corrected chi connectivity index (χ1v) is 9.45. The Morgan fingerprint density at radius 2 is 2.15 bits per heavy atom. The van der Waals surface area contributed by atoms with Crippen LogP contribution in [-0.4, -0.2) is 45.6 Å². The standard InChI is InChI=1S/C19H25N5O2/c1-24-12-15(21-18(25)13-6-3-2-4-7-13)10-16(24)19-22-17(23-26-19)14-8-5-9-20-11-14/h5,8-9,11,13,15-16H,2-4,6-7,10,12H2,1H3,(H,21,25). The van der Waals surface area contributed by atoms with Gasteiger partial charge in [0.25, 0.3) is 0 Å². The van der Waals surface area contributed by atoms with Crippen LogP contribution in [0.1, 0.15) is 50.5 Å². The van der Waals surface area contributed by atoms with Gasteiger partial charge in [0, 0.05) is 36.5 Å². The van der Waals surface area contributed by atoms with Crippen LogP contribution in [0.25, 0.3) is 11.4 Å². The van der Waals surface area contributed by atoms with Crippen molar-refractivity contribution in [3.8, 4) is 11.4 Å². The Labute approximate surface area is 153 Å². The number of nitrogens with zero attached hydrogens (tertiary/aromatic N) is 4. The van der Waals surface area contributed by atoms with Gasteiger partial charge in [-0.2, -0.15) is 4.98 Å². The number of carbonyl (C=O) groups is 1. The number of pyridine rings is 1. The fraction of sp³-hybridized carbons (Fsp3) is 0.579. The van der Waals surface area contributed by atoms with Crippen LogP contribution in [0.5, 0.6) is 0 Å². The molecule has 1 aliphatic carbocycles. The van der Waals surface area contributed by atoms with Gasteiger partial charge in [-0.15, -0.1) is 0 Å². The van der Waals surface area contributed by atoms with Gasteiger partial charge in [0.15, 0.2) is 0 Å². The van der Waals surface area contributed by atoms with Crippen LogP contribution in [0.4, 0.5) is 0 Å². The molecule has 1 amide bonds. The predicted molar refractivity (Wildman–Crippen MR) is 96.0 cm³/mol. The van der Waals surface area contributed by atoms with Crippen LogP contribution in [-0.2, 0) is 4.79 Å². The number of aromatic nitrogens is 3. The lowest BCUT2D eigenvalue weighted by atomic mass is 9.88. The summed E-state index contributed by atoms with van der Waals surface area (Å²) in [5.41, 5.74) is 0.838. The van der Waals surface area contributed by atoms with E-state index in [0.29, 0.717) is 11.7 Å². The zero-order valence-electron chi connectivity index (χ0n) is 15.1. The molecule has 26 heavy (non-hydrogen) atoms. The molecule has 1 aliphatic heterocycles. The largest absolute Gasteiger partial charge is 0.352 e. The first-order valence-electron chi connectivity index (χ1n) is 9.45. The number of nitrogens with one attached hydrogen (secondary N) is 1. The Hall–Kier alpha value is -2.28.